The topological polar surface area (TPSA) is 78.0 Å². The van der Waals surface area contributed by atoms with Gasteiger partial charge < -0.3 is 19.1 Å². The molecule has 0 radical (unpaired) electrons. The smallest absolute Gasteiger partial charge is 0.309 e. The van der Waals surface area contributed by atoms with E-state index >= 15 is 0 Å². The van der Waals surface area contributed by atoms with Gasteiger partial charge in [-0.3, -0.25) is 9.59 Å². The average Bonchev–Trinajstić information content (AvgIpc) is 2.69. The van der Waals surface area contributed by atoms with E-state index < -0.39 is 0 Å². The Bertz CT molecular complexity index is 605. The Hall–Kier alpha value is -2.15. The second-order valence-electron chi connectivity index (χ2n) is 6.63. The van der Waals surface area contributed by atoms with Crippen molar-refractivity contribution in [3.8, 4) is 5.88 Å². The fourth-order valence-electron chi connectivity index (χ4n) is 3.30. The van der Waals surface area contributed by atoms with Gasteiger partial charge in [-0.2, -0.15) is 0 Å². The molecule has 3 heterocycles. The van der Waals surface area contributed by atoms with E-state index in [0.29, 0.717) is 57.2 Å². The molecule has 0 unspecified atom stereocenters. The number of nitrogens with zero attached hydrogens (tertiary/aromatic N) is 2. The summed E-state index contributed by atoms with van der Waals surface area (Å²) < 4.78 is 16.2. The van der Waals surface area contributed by atoms with Crippen LogP contribution >= 0.6 is 0 Å². The molecule has 0 aromatic carbocycles. The fourth-order valence-corrected chi connectivity index (χ4v) is 3.30. The molecule has 1 amide bonds. The lowest BCUT2D eigenvalue weighted by Gasteiger charge is -2.30. The molecule has 1 aromatic rings. The molecule has 2 aliphatic heterocycles. The Labute approximate surface area is 153 Å². The molecule has 7 nitrogen and oxygen atoms in total. The van der Waals surface area contributed by atoms with E-state index in [1.807, 2.05) is 0 Å². The Morgan fingerprint density at radius 1 is 1.19 bits per heavy atom. The van der Waals surface area contributed by atoms with Gasteiger partial charge in [-0.25, -0.2) is 4.98 Å². The molecular formula is C19H26N2O5. The number of pyridine rings is 1. The SMILES string of the molecule is CCOC(=O)C1CCN(C(=O)c2ccc(OC3CCOCC3)nc2)CC1. The number of rotatable bonds is 5. The Kier molecular flexibility index (Phi) is 6.44. The maximum atomic E-state index is 12.6. The predicted octanol–water partition coefficient (Wildman–Crippen LogP) is 2.05. The number of amides is 1. The molecule has 7 heteroatoms. The molecular weight excluding hydrogens is 336 g/mol. The summed E-state index contributed by atoms with van der Waals surface area (Å²) in [5, 5.41) is 0. The molecule has 0 saturated carbocycles. The molecule has 0 atom stereocenters. The molecule has 0 aliphatic carbocycles. The minimum atomic E-state index is -0.157. The number of carbonyl (C=O) groups is 2. The summed E-state index contributed by atoms with van der Waals surface area (Å²) >= 11 is 0. The number of likely N-dealkylation sites (tertiary alicyclic amines) is 1. The summed E-state index contributed by atoms with van der Waals surface area (Å²) in [5.74, 6) is 0.218. The number of carbonyl (C=O) groups excluding carboxylic acids is 2. The van der Waals surface area contributed by atoms with Crippen LogP contribution in [0.4, 0.5) is 0 Å². The molecule has 0 bridgehead atoms. The van der Waals surface area contributed by atoms with Crippen LogP contribution in [-0.4, -0.2) is 60.8 Å². The van der Waals surface area contributed by atoms with Gasteiger partial charge >= 0.3 is 5.97 Å². The lowest BCUT2D eigenvalue weighted by Crippen LogP contribution is -2.40. The minimum Gasteiger partial charge on any atom is -0.474 e. The van der Waals surface area contributed by atoms with Gasteiger partial charge in [-0.1, -0.05) is 0 Å². The fraction of sp³-hybridized carbons (Fsp3) is 0.632. The van der Waals surface area contributed by atoms with Crippen LogP contribution in [0.25, 0.3) is 0 Å². The standard InChI is InChI=1S/C19H26N2O5/c1-2-25-19(23)14-5-9-21(10-6-14)18(22)15-3-4-17(20-13-15)26-16-7-11-24-12-8-16/h3-4,13-14,16H,2,5-12H2,1H3. The number of esters is 1. The van der Waals surface area contributed by atoms with Crippen LogP contribution < -0.4 is 4.74 Å². The highest BCUT2D eigenvalue weighted by molar-refractivity contribution is 5.94. The van der Waals surface area contributed by atoms with Gasteiger partial charge in [0.1, 0.15) is 6.10 Å². The first-order chi connectivity index (χ1) is 12.7. The number of hydrogen-bond donors (Lipinski definition) is 0. The van der Waals surface area contributed by atoms with Crippen LogP contribution in [0.15, 0.2) is 18.3 Å². The van der Waals surface area contributed by atoms with E-state index in [1.54, 1.807) is 30.2 Å². The van der Waals surface area contributed by atoms with Crippen LogP contribution in [0.5, 0.6) is 5.88 Å². The highest BCUT2D eigenvalue weighted by Gasteiger charge is 2.28. The van der Waals surface area contributed by atoms with E-state index in [9.17, 15) is 9.59 Å². The molecule has 2 saturated heterocycles. The van der Waals surface area contributed by atoms with Crippen LogP contribution in [0.2, 0.25) is 0 Å². The second-order valence-corrected chi connectivity index (χ2v) is 6.63. The molecule has 0 N–H and O–H groups in total. The number of piperidine rings is 1. The first kappa shape index (κ1) is 18.6. The zero-order valence-electron chi connectivity index (χ0n) is 15.2. The maximum absolute atomic E-state index is 12.6. The van der Waals surface area contributed by atoms with Crippen molar-refractivity contribution in [1.82, 2.24) is 9.88 Å². The molecule has 0 spiro atoms. The van der Waals surface area contributed by atoms with Crippen molar-refractivity contribution in [2.45, 2.75) is 38.7 Å². The van der Waals surface area contributed by atoms with E-state index in [2.05, 4.69) is 4.98 Å². The Balaban J connectivity index is 1.51. The predicted molar refractivity (Wildman–Crippen MR) is 94.0 cm³/mol. The molecule has 3 rings (SSSR count). The van der Waals surface area contributed by atoms with E-state index in [-0.39, 0.29) is 23.9 Å². The number of ether oxygens (including phenoxy) is 3. The highest BCUT2D eigenvalue weighted by atomic mass is 16.5. The quantitative estimate of drug-likeness (QED) is 0.746. The van der Waals surface area contributed by atoms with Crippen molar-refractivity contribution < 1.29 is 23.8 Å². The summed E-state index contributed by atoms with van der Waals surface area (Å²) in [7, 11) is 0. The Morgan fingerprint density at radius 2 is 1.92 bits per heavy atom. The Morgan fingerprint density at radius 3 is 2.54 bits per heavy atom. The average molecular weight is 362 g/mol. The summed E-state index contributed by atoms with van der Waals surface area (Å²) in [5.41, 5.74) is 0.541. The van der Waals surface area contributed by atoms with E-state index in [4.69, 9.17) is 14.2 Å². The van der Waals surface area contributed by atoms with Gasteiger partial charge in [0.2, 0.25) is 5.88 Å². The second kappa shape index (κ2) is 8.98. The minimum absolute atomic E-state index is 0.0579. The first-order valence-corrected chi connectivity index (χ1v) is 9.33. The van der Waals surface area contributed by atoms with Gasteiger partial charge in [0.15, 0.2) is 0 Å². The van der Waals surface area contributed by atoms with Crippen LogP contribution in [-0.2, 0) is 14.3 Å². The van der Waals surface area contributed by atoms with Gasteiger partial charge in [0.25, 0.3) is 5.91 Å². The summed E-state index contributed by atoms with van der Waals surface area (Å²) in [6, 6.07) is 3.50. The highest BCUT2D eigenvalue weighted by Crippen LogP contribution is 2.21. The largest absolute Gasteiger partial charge is 0.474 e. The lowest BCUT2D eigenvalue weighted by molar-refractivity contribution is -0.149. The van der Waals surface area contributed by atoms with Crippen molar-refractivity contribution >= 4 is 11.9 Å². The van der Waals surface area contributed by atoms with Crippen molar-refractivity contribution in [2.75, 3.05) is 32.9 Å². The molecule has 2 aliphatic rings. The first-order valence-electron chi connectivity index (χ1n) is 9.33. The van der Waals surface area contributed by atoms with Gasteiger partial charge in [0, 0.05) is 38.2 Å². The van der Waals surface area contributed by atoms with Gasteiger partial charge in [-0.15, -0.1) is 0 Å². The van der Waals surface area contributed by atoms with Crippen molar-refractivity contribution in [3.05, 3.63) is 23.9 Å². The van der Waals surface area contributed by atoms with Gasteiger partial charge in [0.05, 0.1) is 31.3 Å². The lowest BCUT2D eigenvalue weighted by atomic mass is 9.96. The third-order valence-electron chi connectivity index (χ3n) is 4.84. The summed E-state index contributed by atoms with van der Waals surface area (Å²) in [6.07, 6.45) is 4.69. The molecule has 1 aromatic heterocycles. The maximum Gasteiger partial charge on any atom is 0.309 e. The van der Waals surface area contributed by atoms with E-state index in [0.717, 1.165) is 12.8 Å². The number of hydrogen-bond acceptors (Lipinski definition) is 6. The molecule has 26 heavy (non-hydrogen) atoms. The van der Waals surface area contributed by atoms with Crippen molar-refractivity contribution in [3.63, 3.8) is 0 Å². The third kappa shape index (κ3) is 4.72. The zero-order valence-corrected chi connectivity index (χ0v) is 15.2. The third-order valence-corrected chi connectivity index (χ3v) is 4.84. The zero-order chi connectivity index (χ0) is 18.4. The molecule has 2 fully saturated rings. The number of aromatic nitrogens is 1. The normalized spacial score (nSPS) is 19.2. The van der Waals surface area contributed by atoms with E-state index in [1.165, 1.54) is 0 Å². The molecule has 142 valence electrons. The van der Waals surface area contributed by atoms with Crippen molar-refractivity contribution in [1.29, 1.82) is 0 Å². The van der Waals surface area contributed by atoms with Crippen LogP contribution in [0.3, 0.4) is 0 Å². The summed E-state index contributed by atoms with van der Waals surface area (Å²) in [4.78, 5) is 30.4. The monoisotopic (exact) mass is 362 g/mol. The van der Waals surface area contributed by atoms with Crippen LogP contribution in [0, 0.1) is 5.92 Å². The summed E-state index contributed by atoms with van der Waals surface area (Å²) in [6.45, 7) is 4.74. The van der Waals surface area contributed by atoms with Crippen LogP contribution in [0.1, 0.15) is 43.0 Å². The van der Waals surface area contributed by atoms with Gasteiger partial charge in [-0.05, 0) is 25.8 Å². The van der Waals surface area contributed by atoms with Crippen molar-refractivity contribution in [2.24, 2.45) is 5.92 Å².